The molecule has 3 rings (SSSR count). The van der Waals surface area contributed by atoms with Crippen molar-refractivity contribution in [2.45, 2.75) is 13.5 Å². The van der Waals surface area contributed by atoms with Gasteiger partial charge in [0, 0.05) is 18.1 Å². The molecule has 0 aliphatic carbocycles. The van der Waals surface area contributed by atoms with Crippen LogP contribution in [0.5, 0.6) is 0 Å². The van der Waals surface area contributed by atoms with Gasteiger partial charge in [-0.1, -0.05) is 11.6 Å². The van der Waals surface area contributed by atoms with Gasteiger partial charge in [-0.05, 0) is 31.2 Å². The minimum absolute atomic E-state index is 0.176. The summed E-state index contributed by atoms with van der Waals surface area (Å²) in [5.74, 6) is 0.134. The van der Waals surface area contributed by atoms with Crippen LogP contribution in [0.3, 0.4) is 0 Å². The zero-order valence-electron chi connectivity index (χ0n) is 13.1. The number of halogens is 1. The summed E-state index contributed by atoms with van der Waals surface area (Å²) in [4.78, 5) is 23.9. The Morgan fingerprint density at radius 2 is 2.00 bits per heavy atom. The maximum absolute atomic E-state index is 12.2. The summed E-state index contributed by atoms with van der Waals surface area (Å²) in [5, 5.41) is 11.6. The molecule has 3 aromatic rings. The molecular formula is C15H15ClN6O2. The fourth-order valence-corrected chi connectivity index (χ4v) is 2.34. The Hall–Kier alpha value is -2.87. The number of aryl methyl sites for hydroxylation is 2. The number of carbonyl (C=O) groups is 1. The van der Waals surface area contributed by atoms with Crippen molar-refractivity contribution in [2.75, 3.05) is 5.32 Å². The highest BCUT2D eigenvalue weighted by Crippen LogP contribution is 2.19. The van der Waals surface area contributed by atoms with Crippen molar-refractivity contribution >= 4 is 23.3 Å². The van der Waals surface area contributed by atoms with Crippen LogP contribution in [-0.2, 0) is 18.4 Å². The van der Waals surface area contributed by atoms with Gasteiger partial charge in [0.1, 0.15) is 18.7 Å². The average Bonchev–Trinajstić information content (AvgIpc) is 3.05. The first kappa shape index (κ1) is 16.0. The van der Waals surface area contributed by atoms with Gasteiger partial charge in [0.2, 0.25) is 5.91 Å². The molecule has 24 heavy (non-hydrogen) atoms. The number of hydrogen-bond donors (Lipinski definition) is 1. The molecule has 124 valence electrons. The highest BCUT2D eigenvalue weighted by atomic mass is 35.5. The van der Waals surface area contributed by atoms with Crippen molar-refractivity contribution in [3.8, 4) is 5.69 Å². The molecule has 1 amide bonds. The molecule has 2 heterocycles. The van der Waals surface area contributed by atoms with Gasteiger partial charge >= 0.3 is 5.69 Å². The number of aromatic nitrogens is 5. The Morgan fingerprint density at radius 1 is 1.29 bits per heavy atom. The number of rotatable bonds is 4. The number of nitrogens with one attached hydrogen (secondary N) is 1. The summed E-state index contributed by atoms with van der Waals surface area (Å²) in [6, 6.07) is 8.83. The lowest BCUT2D eigenvalue weighted by atomic mass is 10.3. The third kappa shape index (κ3) is 3.23. The predicted octanol–water partition coefficient (Wildman–Crippen LogP) is 1.37. The molecule has 8 nitrogen and oxygen atoms in total. The Kier molecular flexibility index (Phi) is 4.22. The van der Waals surface area contributed by atoms with Crippen LogP contribution in [0.2, 0.25) is 5.02 Å². The molecule has 0 bridgehead atoms. The van der Waals surface area contributed by atoms with Gasteiger partial charge in [-0.2, -0.15) is 10.2 Å². The highest BCUT2D eigenvalue weighted by molar-refractivity contribution is 6.30. The second-order valence-corrected chi connectivity index (χ2v) is 5.73. The predicted molar refractivity (Wildman–Crippen MR) is 89.4 cm³/mol. The molecule has 0 aliphatic rings. The van der Waals surface area contributed by atoms with Gasteiger partial charge in [0.25, 0.3) is 0 Å². The van der Waals surface area contributed by atoms with E-state index >= 15 is 0 Å². The number of amides is 1. The number of anilines is 1. The molecular weight excluding hydrogens is 332 g/mol. The van der Waals surface area contributed by atoms with Crippen molar-refractivity contribution < 1.29 is 4.79 Å². The lowest BCUT2D eigenvalue weighted by molar-refractivity contribution is -0.117. The van der Waals surface area contributed by atoms with E-state index in [-0.39, 0.29) is 18.1 Å². The van der Waals surface area contributed by atoms with Crippen molar-refractivity contribution in [1.82, 2.24) is 24.1 Å². The normalized spacial score (nSPS) is 10.8. The second-order valence-electron chi connectivity index (χ2n) is 5.29. The van der Waals surface area contributed by atoms with E-state index < -0.39 is 0 Å². The van der Waals surface area contributed by atoms with E-state index in [0.717, 1.165) is 16.1 Å². The monoisotopic (exact) mass is 346 g/mol. The summed E-state index contributed by atoms with van der Waals surface area (Å²) in [5.41, 5.74) is 1.15. The van der Waals surface area contributed by atoms with E-state index in [9.17, 15) is 9.59 Å². The van der Waals surface area contributed by atoms with Gasteiger partial charge in [0.15, 0.2) is 0 Å². The molecule has 0 spiro atoms. The van der Waals surface area contributed by atoms with Gasteiger partial charge < -0.3 is 5.32 Å². The molecule has 0 radical (unpaired) electrons. The van der Waals surface area contributed by atoms with Crippen molar-refractivity contribution in [3.63, 3.8) is 0 Å². The first-order valence-electron chi connectivity index (χ1n) is 7.15. The van der Waals surface area contributed by atoms with E-state index in [1.807, 2.05) is 6.92 Å². The molecule has 0 atom stereocenters. The number of benzene rings is 1. The summed E-state index contributed by atoms with van der Waals surface area (Å²) >= 11 is 5.89. The number of carbonyl (C=O) groups excluding carboxylic acids is 1. The number of hydrogen-bond acceptors (Lipinski definition) is 4. The summed E-state index contributed by atoms with van der Waals surface area (Å²) in [6.45, 7) is 1.65. The Balaban J connectivity index is 1.82. The average molecular weight is 347 g/mol. The lowest BCUT2D eigenvalue weighted by Gasteiger charge is -2.09. The lowest BCUT2D eigenvalue weighted by Crippen LogP contribution is -2.29. The summed E-state index contributed by atoms with van der Waals surface area (Å²) < 4.78 is 3.99. The maximum Gasteiger partial charge on any atom is 0.345 e. The van der Waals surface area contributed by atoms with Crippen LogP contribution in [0.25, 0.3) is 5.69 Å². The quantitative estimate of drug-likeness (QED) is 0.773. The number of nitrogens with zero attached hydrogens (tertiary/aromatic N) is 5. The third-order valence-corrected chi connectivity index (χ3v) is 3.60. The van der Waals surface area contributed by atoms with E-state index in [2.05, 4.69) is 15.5 Å². The first-order chi connectivity index (χ1) is 11.4. The van der Waals surface area contributed by atoms with Crippen LogP contribution >= 0.6 is 11.6 Å². The fraction of sp³-hybridized carbons (Fsp3) is 0.200. The molecule has 0 aliphatic heterocycles. The van der Waals surface area contributed by atoms with Crippen LogP contribution < -0.4 is 11.0 Å². The standard InChI is InChI=1S/C15H15ClN6O2/c1-10-7-13(22(19-10)12-5-3-11(16)4-6-12)18-14(23)8-21-15(24)20(2)9-17-21/h3-7,9H,8H2,1-2H3,(H,18,23). The largest absolute Gasteiger partial charge is 0.345 e. The van der Waals surface area contributed by atoms with E-state index in [0.29, 0.717) is 10.8 Å². The van der Waals surface area contributed by atoms with Crippen LogP contribution in [-0.4, -0.2) is 30.0 Å². The summed E-state index contributed by atoms with van der Waals surface area (Å²) in [7, 11) is 1.57. The van der Waals surface area contributed by atoms with Crippen LogP contribution in [0.1, 0.15) is 5.69 Å². The Labute approximate surface area is 142 Å². The van der Waals surface area contributed by atoms with Crippen LogP contribution in [0.15, 0.2) is 41.5 Å². The Morgan fingerprint density at radius 3 is 2.62 bits per heavy atom. The topological polar surface area (TPSA) is 86.7 Å². The van der Waals surface area contributed by atoms with E-state index in [1.54, 1.807) is 42.1 Å². The van der Waals surface area contributed by atoms with E-state index in [4.69, 9.17) is 11.6 Å². The molecule has 0 saturated heterocycles. The summed E-state index contributed by atoms with van der Waals surface area (Å²) in [6.07, 6.45) is 1.36. The minimum Gasteiger partial charge on any atom is -0.309 e. The fourth-order valence-electron chi connectivity index (χ4n) is 2.22. The van der Waals surface area contributed by atoms with Gasteiger partial charge in [-0.3, -0.25) is 9.36 Å². The van der Waals surface area contributed by atoms with Crippen LogP contribution in [0, 0.1) is 6.92 Å². The molecule has 1 aromatic carbocycles. The Bertz CT molecular complexity index is 938. The molecule has 0 unspecified atom stereocenters. The van der Waals surface area contributed by atoms with Crippen molar-refractivity contribution in [2.24, 2.45) is 7.05 Å². The zero-order valence-corrected chi connectivity index (χ0v) is 13.9. The van der Waals surface area contributed by atoms with Gasteiger partial charge in [0.05, 0.1) is 11.4 Å². The van der Waals surface area contributed by atoms with Gasteiger partial charge in [-0.15, -0.1) is 0 Å². The minimum atomic E-state index is -0.370. The molecule has 0 fully saturated rings. The third-order valence-electron chi connectivity index (χ3n) is 3.35. The van der Waals surface area contributed by atoms with Crippen molar-refractivity contribution in [3.05, 3.63) is 57.9 Å². The first-order valence-corrected chi connectivity index (χ1v) is 7.53. The van der Waals surface area contributed by atoms with Crippen LogP contribution in [0.4, 0.5) is 5.82 Å². The second kappa shape index (κ2) is 6.32. The molecule has 9 heteroatoms. The van der Waals surface area contributed by atoms with Gasteiger partial charge in [-0.25, -0.2) is 14.2 Å². The smallest absolute Gasteiger partial charge is 0.309 e. The molecule has 1 N–H and O–H groups in total. The maximum atomic E-state index is 12.2. The van der Waals surface area contributed by atoms with Crippen molar-refractivity contribution in [1.29, 1.82) is 0 Å². The molecule has 0 saturated carbocycles. The molecule has 2 aromatic heterocycles. The van der Waals surface area contributed by atoms with E-state index in [1.165, 1.54) is 10.9 Å². The zero-order chi connectivity index (χ0) is 17.3. The SMILES string of the molecule is Cc1cc(NC(=O)Cn2ncn(C)c2=O)n(-c2ccc(Cl)cc2)n1. The highest BCUT2D eigenvalue weighted by Gasteiger charge is 2.13.